The van der Waals surface area contributed by atoms with Crippen molar-refractivity contribution in [2.24, 2.45) is 0 Å². The van der Waals surface area contributed by atoms with Crippen LogP contribution in [0, 0.1) is 0 Å². The standard InChI is InChI=1S/C7H8ClNS/c8-10-9-6-7-4-2-1-3-5-7/h1-5,9H,6H2. The summed E-state index contributed by atoms with van der Waals surface area (Å²) in [7, 11) is 5.36. The SMILES string of the molecule is ClSNCc1ccccc1. The van der Waals surface area contributed by atoms with Gasteiger partial charge < -0.3 is 0 Å². The molecular formula is C7H8ClNS. The van der Waals surface area contributed by atoms with E-state index < -0.39 is 0 Å². The second-order valence-electron chi connectivity index (χ2n) is 1.88. The van der Waals surface area contributed by atoms with Crippen molar-refractivity contribution < 1.29 is 0 Å². The van der Waals surface area contributed by atoms with Crippen LogP contribution in [0.4, 0.5) is 0 Å². The van der Waals surface area contributed by atoms with E-state index in [9.17, 15) is 0 Å². The fourth-order valence-electron chi connectivity index (χ4n) is 0.706. The zero-order valence-electron chi connectivity index (χ0n) is 5.38. The van der Waals surface area contributed by atoms with E-state index in [1.165, 1.54) is 5.56 Å². The van der Waals surface area contributed by atoms with Gasteiger partial charge in [0, 0.05) is 17.7 Å². The van der Waals surface area contributed by atoms with E-state index in [4.69, 9.17) is 10.7 Å². The normalized spacial score (nSPS) is 9.70. The van der Waals surface area contributed by atoms with E-state index in [1.54, 1.807) is 0 Å². The Bertz CT molecular complexity index is 178. The summed E-state index contributed by atoms with van der Waals surface area (Å²) in [5, 5.41) is 0. The largest absolute Gasteiger partial charge is 0.246 e. The van der Waals surface area contributed by atoms with E-state index in [0.29, 0.717) is 0 Å². The van der Waals surface area contributed by atoms with Gasteiger partial charge in [0.25, 0.3) is 0 Å². The molecule has 1 N–H and O–H groups in total. The van der Waals surface area contributed by atoms with Gasteiger partial charge in [-0.25, -0.2) is 4.72 Å². The number of hydrogen-bond donors (Lipinski definition) is 1. The Labute approximate surface area is 69.4 Å². The van der Waals surface area contributed by atoms with Crippen molar-refractivity contribution in [1.82, 2.24) is 4.72 Å². The smallest absolute Gasteiger partial charge is 0.0321 e. The molecule has 0 aliphatic heterocycles. The van der Waals surface area contributed by atoms with Crippen molar-refractivity contribution in [3.63, 3.8) is 0 Å². The Hall–Kier alpha value is -0.180. The van der Waals surface area contributed by atoms with Gasteiger partial charge >= 0.3 is 0 Å². The number of benzene rings is 1. The molecule has 0 spiro atoms. The zero-order valence-corrected chi connectivity index (χ0v) is 6.95. The fourth-order valence-corrected chi connectivity index (χ4v) is 1.09. The molecule has 1 rings (SSSR count). The van der Waals surface area contributed by atoms with Gasteiger partial charge in [-0.05, 0) is 16.2 Å². The maximum atomic E-state index is 5.36. The van der Waals surface area contributed by atoms with Crippen LogP contribution in [0.5, 0.6) is 0 Å². The lowest BCUT2D eigenvalue weighted by molar-refractivity contribution is 0.983. The van der Waals surface area contributed by atoms with Gasteiger partial charge in [-0.2, -0.15) is 0 Å². The van der Waals surface area contributed by atoms with Crippen LogP contribution < -0.4 is 4.72 Å². The summed E-state index contributed by atoms with van der Waals surface area (Å²) in [6.45, 7) is 0.814. The van der Waals surface area contributed by atoms with Gasteiger partial charge in [-0.15, -0.1) is 0 Å². The van der Waals surface area contributed by atoms with E-state index in [-0.39, 0.29) is 0 Å². The van der Waals surface area contributed by atoms with E-state index in [2.05, 4.69) is 16.9 Å². The minimum atomic E-state index is 0.814. The molecule has 0 heterocycles. The first-order chi connectivity index (χ1) is 4.93. The lowest BCUT2D eigenvalue weighted by Gasteiger charge is -1.97. The molecule has 0 atom stereocenters. The van der Waals surface area contributed by atoms with Crippen molar-refractivity contribution in [2.75, 3.05) is 0 Å². The average Bonchev–Trinajstić information content (AvgIpc) is 2.03. The lowest BCUT2D eigenvalue weighted by atomic mass is 10.2. The van der Waals surface area contributed by atoms with Crippen LogP contribution in [-0.4, -0.2) is 0 Å². The fraction of sp³-hybridized carbons (Fsp3) is 0.143. The second kappa shape index (κ2) is 4.61. The molecule has 54 valence electrons. The van der Waals surface area contributed by atoms with Crippen molar-refractivity contribution in [1.29, 1.82) is 0 Å². The summed E-state index contributed by atoms with van der Waals surface area (Å²) in [5.74, 6) is 0. The van der Waals surface area contributed by atoms with E-state index >= 15 is 0 Å². The molecule has 0 radical (unpaired) electrons. The number of rotatable bonds is 3. The van der Waals surface area contributed by atoms with E-state index in [1.807, 2.05) is 18.2 Å². The van der Waals surface area contributed by atoms with E-state index in [0.717, 1.165) is 17.7 Å². The van der Waals surface area contributed by atoms with Gasteiger partial charge in [-0.3, -0.25) is 0 Å². The molecule has 3 heteroatoms. The van der Waals surface area contributed by atoms with Crippen LogP contribution in [0.15, 0.2) is 30.3 Å². The first-order valence-electron chi connectivity index (χ1n) is 2.98. The summed E-state index contributed by atoms with van der Waals surface area (Å²) < 4.78 is 2.95. The van der Waals surface area contributed by atoms with Gasteiger partial charge in [0.05, 0.1) is 0 Å². The molecule has 0 amide bonds. The molecule has 0 saturated heterocycles. The van der Waals surface area contributed by atoms with Crippen molar-refractivity contribution in [2.45, 2.75) is 6.54 Å². The van der Waals surface area contributed by atoms with Gasteiger partial charge in [-0.1, -0.05) is 30.3 Å². The Kier molecular flexibility index (Phi) is 3.65. The number of hydrogen-bond acceptors (Lipinski definition) is 2. The highest BCUT2D eigenvalue weighted by atomic mass is 35.7. The molecule has 1 aromatic carbocycles. The van der Waals surface area contributed by atoms with Crippen molar-refractivity contribution >= 4 is 21.8 Å². The van der Waals surface area contributed by atoms with Crippen molar-refractivity contribution in [3.05, 3.63) is 35.9 Å². The third-order valence-electron chi connectivity index (χ3n) is 1.17. The highest BCUT2D eigenvalue weighted by Gasteiger charge is 1.87. The molecule has 0 fully saturated rings. The molecule has 0 aliphatic rings. The number of nitrogens with one attached hydrogen (secondary N) is 1. The van der Waals surface area contributed by atoms with Gasteiger partial charge in [0.15, 0.2) is 0 Å². The van der Waals surface area contributed by atoms with Crippen molar-refractivity contribution in [3.8, 4) is 0 Å². The first kappa shape index (κ1) is 7.92. The quantitative estimate of drug-likeness (QED) is 0.706. The Morgan fingerprint density at radius 1 is 1.30 bits per heavy atom. The summed E-state index contributed by atoms with van der Waals surface area (Å²) in [4.78, 5) is 0. The van der Waals surface area contributed by atoms with Crippen LogP contribution in [-0.2, 0) is 6.54 Å². The average molecular weight is 174 g/mol. The number of halogens is 1. The van der Waals surface area contributed by atoms with Crippen LogP contribution in [0.3, 0.4) is 0 Å². The molecule has 0 aliphatic carbocycles. The van der Waals surface area contributed by atoms with Crippen LogP contribution >= 0.6 is 21.8 Å². The second-order valence-corrected chi connectivity index (χ2v) is 2.79. The topological polar surface area (TPSA) is 12.0 Å². The molecular weight excluding hydrogens is 166 g/mol. The lowest BCUT2D eigenvalue weighted by Crippen LogP contribution is -1.99. The highest BCUT2D eigenvalue weighted by molar-refractivity contribution is 8.19. The summed E-state index contributed by atoms with van der Waals surface area (Å²) >= 11 is 1.12. The third-order valence-corrected chi connectivity index (χ3v) is 1.75. The predicted molar refractivity (Wildman–Crippen MR) is 46.7 cm³/mol. The van der Waals surface area contributed by atoms with Crippen LogP contribution in [0.2, 0.25) is 0 Å². The summed E-state index contributed by atoms with van der Waals surface area (Å²) in [6.07, 6.45) is 0. The molecule has 1 aromatic rings. The molecule has 0 aromatic heterocycles. The summed E-state index contributed by atoms with van der Waals surface area (Å²) in [6, 6.07) is 10.1. The molecule has 1 nitrogen and oxygen atoms in total. The van der Waals surface area contributed by atoms with Gasteiger partial charge in [0.1, 0.15) is 0 Å². The molecule has 0 unspecified atom stereocenters. The minimum absolute atomic E-state index is 0.814. The first-order valence-corrected chi connectivity index (χ1v) is 4.62. The maximum Gasteiger partial charge on any atom is 0.0321 e. The zero-order chi connectivity index (χ0) is 7.23. The monoisotopic (exact) mass is 173 g/mol. The third kappa shape index (κ3) is 2.60. The predicted octanol–water partition coefficient (Wildman–Crippen LogP) is 2.58. The maximum absolute atomic E-state index is 5.36. The molecule has 0 bridgehead atoms. The van der Waals surface area contributed by atoms with Crippen LogP contribution in [0.1, 0.15) is 5.56 Å². The Balaban J connectivity index is 2.43. The Morgan fingerprint density at radius 2 is 2.00 bits per heavy atom. The highest BCUT2D eigenvalue weighted by Crippen LogP contribution is 2.03. The Morgan fingerprint density at radius 3 is 2.60 bits per heavy atom. The minimum Gasteiger partial charge on any atom is -0.246 e. The van der Waals surface area contributed by atoms with Gasteiger partial charge in [0.2, 0.25) is 0 Å². The van der Waals surface area contributed by atoms with Crippen LogP contribution in [0.25, 0.3) is 0 Å². The molecule has 0 saturated carbocycles. The summed E-state index contributed by atoms with van der Waals surface area (Å²) in [5.41, 5.74) is 1.25. The molecule has 10 heavy (non-hydrogen) atoms.